The molecular weight excluding hydrogens is 697 g/mol. The molecule has 0 radical (unpaired) electrons. The van der Waals surface area contributed by atoms with Crippen molar-refractivity contribution in [2.75, 3.05) is 0 Å². The summed E-state index contributed by atoms with van der Waals surface area (Å²) in [6, 6.07) is 64.7. The van der Waals surface area contributed by atoms with Crippen LogP contribution in [0.3, 0.4) is 0 Å². The largest absolute Gasteiger partial charge is 0.456 e. The third kappa shape index (κ3) is 4.17. The average molecular weight is 727 g/mol. The maximum Gasteiger partial charge on any atom is 0.165 e. The van der Waals surface area contributed by atoms with Crippen molar-refractivity contribution in [3.63, 3.8) is 0 Å². The summed E-state index contributed by atoms with van der Waals surface area (Å²) in [5, 5.41) is 11.6. The van der Waals surface area contributed by atoms with Gasteiger partial charge in [0.1, 0.15) is 16.9 Å². The lowest BCUT2D eigenvalue weighted by atomic mass is 10.0. The van der Waals surface area contributed by atoms with E-state index in [1.165, 1.54) is 38.0 Å². The molecule has 5 heteroatoms. The molecule has 9 aromatic carbocycles. The van der Waals surface area contributed by atoms with Crippen LogP contribution < -0.4 is 0 Å². The monoisotopic (exact) mass is 726 g/mol. The van der Waals surface area contributed by atoms with Gasteiger partial charge in [-0.15, -0.1) is 0 Å². The highest BCUT2D eigenvalue weighted by Crippen LogP contribution is 2.46. The van der Waals surface area contributed by atoms with E-state index in [4.69, 9.17) is 14.4 Å². The van der Waals surface area contributed by atoms with Gasteiger partial charge in [0, 0.05) is 48.7 Å². The summed E-state index contributed by atoms with van der Waals surface area (Å²) in [6.45, 7) is 0. The first kappa shape index (κ1) is 30.6. The van der Waals surface area contributed by atoms with E-state index < -0.39 is 0 Å². The third-order valence-electron chi connectivity index (χ3n) is 11.9. The number of hydrogen-bond donors (Lipinski definition) is 0. The first-order valence-electron chi connectivity index (χ1n) is 19.3. The molecule has 5 nitrogen and oxygen atoms in total. The predicted octanol–water partition coefficient (Wildman–Crippen LogP) is 13.7. The molecule has 0 spiro atoms. The molecule has 13 rings (SSSR count). The second-order valence-electron chi connectivity index (χ2n) is 14.9. The number of fused-ring (bicyclic) bond motifs is 13. The lowest BCUT2D eigenvalue weighted by molar-refractivity contribution is 0.669. The summed E-state index contributed by atoms with van der Waals surface area (Å²) < 4.78 is 11.3. The molecule has 4 aromatic heterocycles. The molecule has 0 atom stereocenters. The van der Waals surface area contributed by atoms with Crippen LogP contribution in [0.15, 0.2) is 186 Å². The quantitative estimate of drug-likeness (QED) is 0.182. The van der Waals surface area contributed by atoms with E-state index in [9.17, 15) is 0 Å². The fourth-order valence-corrected chi connectivity index (χ4v) is 9.49. The van der Waals surface area contributed by atoms with Gasteiger partial charge >= 0.3 is 0 Å². The van der Waals surface area contributed by atoms with Gasteiger partial charge in [-0.3, -0.25) is 4.57 Å². The van der Waals surface area contributed by atoms with E-state index >= 15 is 0 Å². The number of para-hydroxylation sites is 5. The molecule has 0 unspecified atom stereocenters. The van der Waals surface area contributed by atoms with Crippen molar-refractivity contribution in [1.29, 1.82) is 0 Å². The normalized spacial score (nSPS) is 12.2. The van der Waals surface area contributed by atoms with E-state index in [-0.39, 0.29) is 0 Å². The SMILES string of the molecule is c1ccc2c(-n3c4ccccc4c4ccc5ccccc5c43)c3c4ccccc4n(-c4nc5ccccc5nc4-c4cccc5oc6ccccc6c45)c3cc2c1. The van der Waals surface area contributed by atoms with Crippen LogP contribution in [0.2, 0.25) is 0 Å². The van der Waals surface area contributed by atoms with Crippen molar-refractivity contribution in [3.05, 3.63) is 182 Å². The molecule has 0 N–H and O–H groups in total. The van der Waals surface area contributed by atoms with E-state index in [2.05, 4.69) is 155 Å². The van der Waals surface area contributed by atoms with Crippen LogP contribution in [0.25, 0.3) is 121 Å². The number of benzene rings is 9. The van der Waals surface area contributed by atoms with Crippen LogP contribution in [0.1, 0.15) is 0 Å². The maximum atomic E-state index is 6.42. The lowest BCUT2D eigenvalue weighted by Crippen LogP contribution is -2.04. The molecule has 0 aliphatic rings. The minimum absolute atomic E-state index is 0.770. The second-order valence-corrected chi connectivity index (χ2v) is 14.9. The molecule has 57 heavy (non-hydrogen) atoms. The highest BCUT2D eigenvalue weighted by Gasteiger charge is 2.26. The van der Waals surface area contributed by atoms with Crippen molar-refractivity contribution in [2.24, 2.45) is 0 Å². The van der Waals surface area contributed by atoms with Gasteiger partial charge in [-0.2, -0.15) is 0 Å². The molecule has 0 saturated carbocycles. The summed E-state index contributed by atoms with van der Waals surface area (Å²) in [5.41, 5.74) is 10.8. The summed E-state index contributed by atoms with van der Waals surface area (Å²) >= 11 is 0. The highest BCUT2D eigenvalue weighted by molar-refractivity contribution is 6.25. The van der Waals surface area contributed by atoms with E-state index in [0.717, 1.165) is 82.9 Å². The highest BCUT2D eigenvalue weighted by atomic mass is 16.3. The third-order valence-corrected chi connectivity index (χ3v) is 11.9. The smallest absolute Gasteiger partial charge is 0.165 e. The van der Waals surface area contributed by atoms with E-state index in [0.29, 0.717) is 0 Å². The van der Waals surface area contributed by atoms with Gasteiger partial charge < -0.3 is 8.98 Å². The Morgan fingerprint density at radius 1 is 0.386 bits per heavy atom. The summed E-state index contributed by atoms with van der Waals surface area (Å²) in [4.78, 5) is 11.0. The Bertz CT molecular complexity index is 3830. The number of hydrogen-bond acceptors (Lipinski definition) is 3. The fraction of sp³-hybridized carbons (Fsp3) is 0. The van der Waals surface area contributed by atoms with E-state index in [1.807, 2.05) is 36.4 Å². The lowest BCUT2D eigenvalue weighted by Gasteiger charge is -2.17. The Morgan fingerprint density at radius 3 is 1.86 bits per heavy atom. The van der Waals surface area contributed by atoms with Crippen molar-refractivity contribution in [1.82, 2.24) is 19.1 Å². The summed E-state index contributed by atoms with van der Waals surface area (Å²) in [7, 11) is 0. The zero-order valence-corrected chi connectivity index (χ0v) is 30.5. The number of aromatic nitrogens is 4. The van der Waals surface area contributed by atoms with Crippen molar-refractivity contribution in [3.8, 4) is 22.8 Å². The van der Waals surface area contributed by atoms with Gasteiger partial charge in [0.25, 0.3) is 0 Å². The van der Waals surface area contributed by atoms with Crippen LogP contribution in [-0.4, -0.2) is 19.1 Å². The fourth-order valence-electron chi connectivity index (χ4n) is 9.49. The zero-order chi connectivity index (χ0) is 37.2. The Morgan fingerprint density at radius 2 is 1.02 bits per heavy atom. The Kier molecular flexibility index (Phi) is 6.10. The second kappa shape index (κ2) is 11.4. The number of rotatable bonds is 3. The minimum Gasteiger partial charge on any atom is -0.456 e. The maximum absolute atomic E-state index is 6.42. The van der Waals surface area contributed by atoms with Crippen LogP contribution >= 0.6 is 0 Å². The summed E-state index contributed by atoms with van der Waals surface area (Å²) in [6.07, 6.45) is 0. The van der Waals surface area contributed by atoms with E-state index in [1.54, 1.807) is 0 Å². The van der Waals surface area contributed by atoms with Crippen molar-refractivity contribution >= 4 is 98.1 Å². The molecule has 0 fully saturated rings. The van der Waals surface area contributed by atoms with Gasteiger partial charge in [-0.05, 0) is 53.2 Å². The first-order chi connectivity index (χ1) is 28.3. The molecule has 0 aliphatic carbocycles. The van der Waals surface area contributed by atoms with Crippen molar-refractivity contribution < 1.29 is 4.42 Å². The average Bonchev–Trinajstić information content (AvgIpc) is 3.93. The van der Waals surface area contributed by atoms with Crippen molar-refractivity contribution in [2.45, 2.75) is 0 Å². The molecular formula is C52H30N4O. The van der Waals surface area contributed by atoms with Crippen LogP contribution in [0.4, 0.5) is 0 Å². The number of furan rings is 1. The van der Waals surface area contributed by atoms with Gasteiger partial charge in [-0.1, -0.05) is 140 Å². The van der Waals surface area contributed by atoms with Crippen LogP contribution in [-0.2, 0) is 0 Å². The molecule has 0 amide bonds. The molecule has 0 bridgehead atoms. The molecule has 13 aromatic rings. The number of nitrogens with zero attached hydrogens (tertiary/aromatic N) is 4. The first-order valence-corrected chi connectivity index (χ1v) is 19.3. The topological polar surface area (TPSA) is 48.8 Å². The van der Waals surface area contributed by atoms with Crippen LogP contribution in [0, 0.1) is 0 Å². The summed E-state index contributed by atoms with van der Waals surface area (Å²) in [5.74, 6) is 0.770. The Hall–Kier alpha value is -7.76. The molecule has 0 aliphatic heterocycles. The van der Waals surface area contributed by atoms with Gasteiger partial charge in [-0.25, -0.2) is 9.97 Å². The predicted molar refractivity (Wildman–Crippen MR) is 236 cm³/mol. The molecule has 0 saturated heterocycles. The molecule has 264 valence electrons. The minimum atomic E-state index is 0.770. The van der Waals surface area contributed by atoms with Gasteiger partial charge in [0.2, 0.25) is 0 Å². The molecule has 4 heterocycles. The Balaban J connectivity index is 1.25. The Labute approximate surface area is 325 Å². The standard InChI is InChI=1S/C52H30N4O/c1-3-16-33-31(14-1)28-29-36-35-18-5-10-24-42(35)56(50(33)36)51-34-17-4-2-15-32(34)30-44-48(51)37-19-6-11-25-43(37)55(44)52-49(53-40-22-8-9-23-41(40)54-52)39-21-13-27-46-47(39)38-20-7-12-26-45(38)57-46/h1-30H. The van der Waals surface area contributed by atoms with Crippen LogP contribution in [0.5, 0.6) is 0 Å². The van der Waals surface area contributed by atoms with Gasteiger partial charge in [0.05, 0.1) is 38.8 Å². The zero-order valence-electron chi connectivity index (χ0n) is 30.5. The van der Waals surface area contributed by atoms with Gasteiger partial charge in [0.15, 0.2) is 5.82 Å².